The summed E-state index contributed by atoms with van der Waals surface area (Å²) >= 11 is 3.61. The number of halogens is 3. The largest absolute Gasteiger partial charge is 0.295 e. The molecule has 2 heterocycles. The number of hydrogen-bond acceptors (Lipinski definition) is 0. The molecule has 0 bridgehead atoms. The van der Waals surface area contributed by atoms with Crippen LogP contribution >= 0.6 is 15.9 Å². The van der Waals surface area contributed by atoms with Gasteiger partial charge in [0.15, 0.2) is 0 Å². The molecular weight excluding hydrogens is 458 g/mol. The molecule has 0 spiro atoms. The molecule has 0 N–H and O–H groups in total. The topological polar surface area (TPSA) is 9.86 Å². The summed E-state index contributed by atoms with van der Waals surface area (Å²) in [6.07, 6.45) is 0. The third-order valence-electron chi connectivity index (χ3n) is 5.70. The van der Waals surface area contributed by atoms with Crippen LogP contribution in [0, 0.1) is 11.6 Å². The van der Waals surface area contributed by atoms with Gasteiger partial charge in [0.05, 0.1) is 11.0 Å². The fraction of sp³-hybridized carbons (Fsp3) is 0. The van der Waals surface area contributed by atoms with Gasteiger partial charge >= 0.3 is 0 Å². The molecule has 0 aliphatic rings. The summed E-state index contributed by atoms with van der Waals surface area (Å²) in [7, 11) is 0. The molecule has 2 nitrogen and oxygen atoms in total. The fourth-order valence-electron chi connectivity index (χ4n) is 4.42. The Bertz CT molecular complexity index is 1590. The molecule has 5 heteroatoms. The van der Waals surface area contributed by atoms with Crippen molar-refractivity contribution in [3.05, 3.63) is 107 Å². The van der Waals surface area contributed by atoms with Crippen LogP contribution in [-0.2, 0) is 0 Å². The number of fused-ring (bicyclic) bond motifs is 5. The number of benzene rings is 4. The maximum absolute atomic E-state index is 13.7. The summed E-state index contributed by atoms with van der Waals surface area (Å²) in [4.78, 5) is 0. The van der Waals surface area contributed by atoms with Gasteiger partial charge in [-0.25, -0.2) is 8.78 Å². The molecule has 31 heavy (non-hydrogen) atoms. The Kier molecular flexibility index (Phi) is 4.02. The molecule has 6 rings (SSSR count). The Morgan fingerprint density at radius 3 is 1.74 bits per heavy atom. The van der Waals surface area contributed by atoms with E-state index in [1.54, 1.807) is 24.3 Å². The van der Waals surface area contributed by atoms with Gasteiger partial charge in [0.2, 0.25) is 0 Å². The second kappa shape index (κ2) is 6.79. The van der Waals surface area contributed by atoms with Crippen LogP contribution in [0.5, 0.6) is 0 Å². The number of hydrogen-bond donors (Lipinski definition) is 0. The van der Waals surface area contributed by atoms with Crippen LogP contribution < -0.4 is 0 Å². The van der Waals surface area contributed by atoms with E-state index in [1.165, 1.54) is 24.3 Å². The zero-order valence-corrected chi connectivity index (χ0v) is 17.8. The predicted octanol–water partition coefficient (Wildman–Crippen LogP) is 7.77. The number of nitrogens with zero attached hydrogens (tertiary/aromatic N) is 2. The van der Waals surface area contributed by atoms with Gasteiger partial charge in [-0.05, 0) is 72.8 Å². The maximum Gasteiger partial charge on any atom is 0.131 e. The highest BCUT2D eigenvalue weighted by atomic mass is 79.9. The van der Waals surface area contributed by atoms with Crippen molar-refractivity contribution in [2.75, 3.05) is 0 Å². The van der Waals surface area contributed by atoms with Crippen molar-refractivity contribution in [2.45, 2.75) is 0 Å². The Morgan fingerprint density at radius 1 is 0.581 bits per heavy atom. The normalized spacial score (nSPS) is 11.7. The number of para-hydroxylation sites is 1. The molecule has 0 unspecified atom stereocenters. The molecule has 2 aromatic heterocycles. The van der Waals surface area contributed by atoms with Crippen molar-refractivity contribution < 1.29 is 8.78 Å². The maximum atomic E-state index is 13.7. The molecular formula is C26H15BrF2N2. The fourth-order valence-corrected chi connectivity index (χ4v) is 4.79. The molecule has 0 saturated carbocycles. The highest BCUT2D eigenvalue weighted by Gasteiger charge is 2.22. The highest BCUT2D eigenvalue weighted by molar-refractivity contribution is 9.10. The average Bonchev–Trinajstić information content (AvgIpc) is 3.28. The van der Waals surface area contributed by atoms with Crippen molar-refractivity contribution in [2.24, 2.45) is 0 Å². The second-order valence-corrected chi connectivity index (χ2v) is 8.42. The molecule has 0 aliphatic heterocycles. The summed E-state index contributed by atoms with van der Waals surface area (Å²) in [6, 6.07) is 27.4. The molecule has 0 aliphatic carbocycles. The van der Waals surface area contributed by atoms with Gasteiger partial charge in [0.1, 0.15) is 17.3 Å². The van der Waals surface area contributed by atoms with E-state index < -0.39 is 0 Å². The van der Waals surface area contributed by atoms with E-state index in [2.05, 4.69) is 49.3 Å². The zero-order valence-electron chi connectivity index (χ0n) is 16.2. The molecule has 4 aromatic carbocycles. The summed E-state index contributed by atoms with van der Waals surface area (Å²) in [5.41, 5.74) is 4.71. The monoisotopic (exact) mass is 472 g/mol. The van der Waals surface area contributed by atoms with Gasteiger partial charge in [0, 0.05) is 32.0 Å². The van der Waals surface area contributed by atoms with Crippen LogP contribution in [0.2, 0.25) is 0 Å². The van der Waals surface area contributed by atoms with Crippen LogP contribution in [-0.4, -0.2) is 9.13 Å². The first-order valence-electron chi connectivity index (χ1n) is 9.87. The Hall–Kier alpha value is -3.44. The van der Waals surface area contributed by atoms with Crippen molar-refractivity contribution in [3.63, 3.8) is 0 Å². The van der Waals surface area contributed by atoms with Crippen LogP contribution in [0.25, 0.3) is 44.2 Å². The van der Waals surface area contributed by atoms with Gasteiger partial charge in [-0.15, -0.1) is 0 Å². The van der Waals surface area contributed by atoms with E-state index in [-0.39, 0.29) is 11.6 Å². The first-order chi connectivity index (χ1) is 15.1. The van der Waals surface area contributed by atoms with Crippen molar-refractivity contribution in [1.82, 2.24) is 9.13 Å². The third kappa shape index (κ3) is 2.73. The first-order valence-corrected chi connectivity index (χ1v) is 10.7. The summed E-state index contributed by atoms with van der Waals surface area (Å²) in [5.74, 6) is -0.558. The second-order valence-electron chi connectivity index (χ2n) is 7.50. The minimum Gasteiger partial charge on any atom is -0.295 e. The first kappa shape index (κ1) is 18.3. The summed E-state index contributed by atoms with van der Waals surface area (Å²) < 4.78 is 32.7. The van der Waals surface area contributed by atoms with Crippen LogP contribution in [0.3, 0.4) is 0 Å². The van der Waals surface area contributed by atoms with E-state index >= 15 is 0 Å². The van der Waals surface area contributed by atoms with Crippen LogP contribution in [0.4, 0.5) is 8.78 Å². The Morgan fingerprint density at radius 2 is 1.13 bits per heavy atom. The Labute approximate surface area is 185 Å². The number of aromatic nitrogens is 2. The van der Waals surface area contributed by atoms with E-state index in [1.807, 2.05) is 18.2 Å². The minimum atomic E-state index is -0.279. The van der Waals surface area contributed by atoms with E-state index in [0.717, 1.165) is 48.7 Å². The van der Waals surface area contributed by atoms with Crippen LogP contribution in [0.15, 0.2) is 95.5 Å². The van der Waals surface area contributed by atoms with E-state index in [9.17, 15) is 8.78 Å². The average molecular weight is 473 g/mol. The smallest absolute Gasteiger partial charge is 0.131 e. The molecule has 150 valence electrons. The molecule has 0 amide bonds. The van der Waals surface area contributed by atoms with Gasteiger partial charge in [-0.3, -0.25) is 9.13 Å². The van der Waals surface area contributed by atoms with Crippen molar-refractivity contribution >= 4 is 48.8 Å². The molecule has 0 atom stereocenters. The van der Waals surface area contributed by atoms with Gasteiger partial charge in [0.25, 0.3) is 0 Å². The third-order valence-corrected chi connectivity index (χ3v) is 6.19. The lowest BCUT2D eigenvalue weighted by atomic mass is 10.1. The standard InChI is InChI=1S/C26H15BrF2N2/c27-16-5-14-24-22(15-16)25-21-3-1-2-4-23(21)30(19-10-6-17(28)7-11-19)26(25)31(24)20-12-8-18(29)9-13-20/h1-15H. The Balaban J connectivity index is 1.88. The van der Waals surface area contributed by atoms with Gasteiger partial charge < -0.3 is 0 Å². The molecule has 0 radical (unpaired) electrons. The lowest BCUT2D eigenvalue weighted by Gasteiger charge is -2.13. The van der Waals surface area contributed by atoms with Gasteiger partial charge in [-0.2, -0.15) is 0 Å². The van der Waals surface area contributed by atoms with Gasteiger partial charge in [-0.1, -0.05) is 34.1 Å². The van der Waals surface area contributed by atoms with E-state index in [0.29, 0.717) is 0 Å². The lowest BCUT2D eigenvalue weighted by Crippen LogP contribution is -2.01. The predicted molar refractivity (Wildman–Crippen MR) is 125 cm³/mol. The highest BCUT2D eigenvalue weighted by Crippen LogP contribution is 2.41. The van der Waals surface area contributed by atoms with Crippen molar-refractivity contribution in [1.29, 1.82) is 0 Å². The molecule has 0 saturated heterocycles. The summed E-state index contributed by atoms with van der Waals surface area (Å²) in [6.45, 7) is 0. The minimum absolute atomic E-state index is 0.278. The number of rotatable bonds is 2. The van der Waals surface area contributed by atoms with Crippen molar-refractivity contribution in [3.8, 4) is 11.4 Å². The van der Waals surface area contributed by atoms with E-state index in [4.69, 9.17) is 0 Å². The molecule has 6 aromatic rings. The summed E-state index contributed by atoms with van der Waals surface area (Å²) in [5, 5.41) is 3.29. The quantitative estimate of drug-likeness (QED) is 0.243. The zero-order chi connectivity index (χ0) is 21.1. The lowest BCUT2D eigenvalue weighted by molar-refractivity contribution is 0.627. The SMILES string of the molecule is Fc1ccc(-n2c3ccccc3c3c4cc(Br)ccc4n(-c4ccc(F)cc4)c32)cc1. The molecule has 0 fully saturated rings. The van der Waals surface area contributed by atoms with Crippen LogP contribution in [0.1, 0.15) is 0 Å².